The quantitative estimate of drug-likeness (QED) is 0.744. The smallest absolute Gasteiger partial charge is 0.225 e. The number of carbonyl (C=O) groups is 1. The molecule has 0 aliphatic rings. The number of halogens is 1. The van der Waals surface area contributed by atoms with Gasteiger partial charge in [0, 0.05) is 0 Å². The molecule has 0 radical (unpaired) electrons. The monoisotopic (exact) mass is 205 g/mol. The van der Waals surface area contributed by atoms with Crippen molar-refractivity contribution in [3.05, 3.63) is 35.6 Å². The van der Waals surface area contributed by atoms with Crippen molar-refractivity contribution in [3.63, 3.8) is 0 Å². The summed E-state index contributed by atoms with van der Waals surface area (Å²) in [5, 5.41) is 2.62. The van der Waals surface area contributed by atoms with Gasteiger partial charge in [-0.05, 0) is 24.6 Å². The Morgan fingerprint density at radius 1 is 1.53 bits per heavy atom. The summed E-state index contributed by atoms with van der Waals surface area (Å²) in [7, 11) is 0. The molecular formula is C12H12FNO. The third-order valence-electron chi connectivity index (χ3n) is 1.91. The third-order valence-corrected chi connectivity index (χ3v) is 1.91. The van der Waals surface area contributed by atoms with Gasteiger partial charge >= 0.3 is 0 Å². The Balaban J connectivity index is 2.52. The second-order valence-corrected chi connectivity index (χ2v) is 3.26. The Kier molecular flexibility index (Phi) is 3.87. The van der Waals surface area contributed by atoms with Crippen molar-refractivity contribution >= 4 is 5.91 Å². The van der Waals surface area contributed by atoms with Crippen LogP contribution in [-0.4, -0.2) is 11.9 Å². The van der Waals surface area contributed by atoms with E-state index < -0.39 is 0 Å². The van der Waals surface area contributed by atoms with E-state index in [4.69, 9.17) is 6.42 Å². The molecule has 0 heterocycles. The summed E-state index contributed by atoms with van der Waals surface area (Å²) in [6.45, 7) is 1.72. The molecule has 78 valence electrons. The second kappa shape index (κ2) is 5.16. The summed E-state index contributed by atoms with van der Waals surface area (Å²) in [5.41, 5.74) is 0.762. The Bertz CT molecular complexity index is 378. The predicted molar refractivity (Wildman–Crippen MR) is 56.5 cm³/mol. The van der Waals surface area contributed by atoms with Crippen molar-refractivity contribution in [1.82, 2.24) is 5.32 Å². The van der Waals surface area contributed by atoms with Crippen molar-refractivity contribution in [2.45, 2.75) is 19.4 Å². The first-order valence-electron chi connectivity index (χ1n) is 4.61. The van der Waals surface area contributed by atoms with Gasteiger partial charge in [0.1, 0.15) is 5.82 Å². The van der Waals surface area contributed by atoms with Crippen molar-refractivity contribution in [2.24, 2.45) is 0 Å². The molecular weight excluding hydrogens is 193 g/mol. The molecule has 2 nitrogen and oxygen atoms in total. The van der Waals surface area contributed by atoms with E-state index in [1.807, 2.05) is 0 Å². The first-order chi connectivity index (χ1) is 7.11. The number of terminal acetylenes is 1. The lowest BCUT2D eigenvalue weighted by Crippen LogP contribution is -2.32. The summed E-state index contributed by atoms with van der Waals surface area (Å²) >= 11 is 0. The van der Waals surface area contributed by atoms with Crippen LogP contribution in [-0.2, 0) is 11.2 Å². The molecule has 0 aliphatic carbocycles. The van der Waals surface area contributed by atoms with Crippen LogP contribution in [0.4, 0.5) is 4.39 Å². The van der Waals surface area contributed by atoms with E-state index in [1.165, 1.54) is 12.1 Å². The fraction of sp³-hybridized carbons (Fsp3) is 0.250. The minimum atomic E-state index is -0.309. The predicted octanol–water partition coefficient (Wildman–Crippen LogP) is 1.51. The highest BCUT2D eigenvalue weighted by atomic mass is 19.1. The topological polar surface area (TPSA) is 29.1 Å². The normalized spacial score (nSPS) is 11.5. The summed E-state index contributed by atoms with van der Waals surface area (Å²) in [4.78, 5) is 11.4. The average molecular weight is 205 g/mol. The van der Waals surface area contributed by atoms with E-state index in [0.29, 0.717) is 0 Å². The van der Waals surface area contributed by atoms with E-state index in [2.05, 4.69) is 11.2 Å². The van der Waals surface area contributed by atoms with E-state index >= 15 is 0 Å². The Morgan fingerprint density at radius 3 is 2.67 bits per heavy atom. The van der Waals surface area contributed by atoms with Crippen LogP contribution < -0.4 is 5.32 Å². The van der Waals surface area contributed by atoms with Crippen molar-refractivity contribution in [2.75, 3.05) is 0 Å². The molecule has 0 aromatic heterocycles. The molecule has 1 N–H and O–H groups in total. The van der Waals surface area contributed by atoms with Crippen LogP contribution in [0.1, 0.15) is 12.5 Å². The standard InChI is InChI=1S/C12H12FNO/c1-3-9(2)14-12(15)8-10-4-6-11(13)7-5-10/h1,4-7,9H,8H2,2H3,(H,14,15). The van der Waals surface area contributed by atoms with Gasteiger partial charge in [0.25, 0.3) is 0 Å². The van der Waals surface area contributed by atoms with E-state index in [-0.39, 0.29) is 24.2 Å². The molecule has 1 amide bonds. The zero-order valence-corrected chi connectivity index (χ0v) is 8.46. The van der Waals surface area contributed by atoms with Gasteiger partial charge in [-0.25, -0.2) is 4.39 Å². The maximum atomic E-state index is 12.6. The van der Waals surface area contributed by atoms with Gasteiger partial charge in [-0.1, -0.05) is 18.1 Å². The lowest BCUT2D eigenvalue weighted by molar-refractivity contribution is -0.120. The maximum Gasteiger partial charge on any atom is 0.225 e. The first-order valence-corrected chi connectivity index (χ1v) is 4.61. The molecule has 1 atom stereocenters. The highest BCUT2D eigenvalue weighted by molar-refractivity contribution is 5.79. The van der Waals surface area contributed by atoms with Gasteiger partial charge in [-0.3, -0.25) is 4.79 Å². The second-order valence-electron chi connectivity index (χ2n) is 3.26. The summed E-state index contributed by atoms with van der Waals surface area (Å²) in [6.07, 6.45) is 5.33. The number of nitrogens with one attached hydrogen (secondary N) is 1. The lowest BCUT2D eigenvalue weighted by atomic mass is 10.1. The Hall–Kier alpha value is -1.82. The molecule has 1 rings (SSSR count). The van der Waals surface area contributed by atoms with Crippen LogP contribution in [0, 0.1) is 18.2 Å². The zero-order valence-electron chi connectivity index (χ0n) is 8.46. The van der Waals surface area contributed by atoms with Gasteiger partial charge in [0.05, 0.1) is 12.5 Å². The molecule has 1 unspecified atom stereocenters. The van der Waals surface area contributed by atoms with Gasteiger partial charge < -0.3 is 5.32 Å². The highest BCUT2D eigenvalue weighted by Gasteiger charge is 2.05. The number of rotatable bonds is 3. The molecule has 0 spiro atoms. The number of carbonyl (C=O) groups excluding carboxylic acids is 1. The fourth-order valence-corrected chi connectivity index (χ4v) is 1.12. The van der Waals surface area contributed by atoms with Gasteiger partial charge in [-0.2, -0.15) is 0 Å². The maximum absolute atomic E-state index is 12.6. The molecule has 15 heavy (non-hydrogen) atoms. The molecule has 0 bridgehead atoms. The molecule has 1 aromatic rings. The molecule has 0 fully saturated rings. The highest BCUT2D eigenvalue weighted by Crippen LogP contribution is 2.03. The van der Waals surface area contributed by atoms with Crippen LogP contribution in [0.25, 0.3) is 0 Å². The molecule has 0 saturated carbocycles. The molecule has 3 heteroatoms. The number of hydrogen-bond donors (Lipinski definition) is 1. The SMILES string of the molecule is C#CC(C)NC(=O)Cc1ccc(F)cc1. The van der Waals surface area contributed by atoms with Crippen LogP contribution >= 0.6 is 0 Å². The van der Waals surface area contributed by atoms with Crippen molar-refractivity contribution in [1.29, 1.82) is 0 Å². The van der Waals surface area contributed by atoms with Gasteiger partial charge in [0.15, 0.2) is 0 Å². The van der Waals surface area contributed by atoms with Crippen LogP contribution in [0.5, 0.6) is 0 Å². The largest absolute Gasteiger partial charge is 0.342 e. The van der Waals surface area contributed by atoms with E-state index in [1.54, 1.807) is 19.1 Å². The summed E-state index contributed by atoms with van der Waals surface area (Å²) in [6, 6.07) is 5.53. The third kappa shape index (κ3) is 3.82. The molecule has 0 aliphatic heterocycles. The van der Waals surface area contributed by atoms with Gasteiger partial charge in [0.2, 0.25) is 5.91 Å². The number of benzene rings is 1. The first kappa shape index (κ1) is 11.3. The molecule has 0 saturated heterocycles. The summed E-state index contributed by atoms with van der Waals surface area (Å²) in [5.74, 6) is 1.93. The Labute approximate surface area is 88.5 Å². The van der Waals surface area contributed by atoms with Crippen LogP contribution in [0.2, 0.25) is 0 Å². The summed E-state index contributed by atoms with van der Waals surface area (Å²) < 4.78 is 12.6. The lowest BCUT2D eigenvalue weighted by Gasteiger charge is -2.07. The van der Waals surface area contributed by atoms with Crippen LogP contribution in [0.15, 0.2) is 24.3 Å². The van der Waals surface area contributed by atoms with Crippen molar-refractivity contribution in [3.8, 4) is 12.3 Å². The van der Waals surface area contributed by atoms with Crippen molar-refractivity contribution < 1.29 is 9.18 Å². The fourth-order valence-electron chi connectivity index (χ4n) is 1.12. The zero-order chi connectivity index (χ0) is 11.3. The minimum absolute atomic E-state index is 0.160. The van der Waals surface area contributed by atoms with Crippen LogP contribution in [0.3, 0.4) is 0 Å². The van der Waals surface area contributed by atoms with Gasteiger partial charge in [-0.15, -0.1) is 6.42 Å². The van der Waals surface area contributed by atoms with E-state index in [0.717, 1.165) is 5.56 Å². The van der Waals surface area contributed by atoms with E-state index in [9.17, 15) is 9.18 Å². The average Bonchev–Trinajstić information content (AvgIpc) is 2.21. The number of amides is 1. The molecule has 1 aromatic carbocycles. The Morgan fingerprint density at radius 2 is 2.13 bits per heavy atom. The minimum Gasteiger partial charge on any atom is -0.342 e. The number of hydrogen-bond acceptors (Lipinski definition) is 1.